The molecule has 0 aromatic heterocycles. The van der Waals surface area contributed by atoms with Crippen molar-refractivity contribution in [3.8, 4) is 0 Å². The Labute approximate surface area is 89.8 Å². The van der Waals surface area contributed by atoms with Crippen molar-refractivity contribution < 1.29 is 18.9 Å². The Hall–Kier alpha value is -0.160. The maximum Gasteiger partial charge on any atom is 0.413 e. The molecule has 2 saturated heterocycles. The van der Waals surface area contributed by atoms with E-state index in [0.717, 1.165) is 25.7 Å². The third kappa shape index (κ3) is 1.80. The van der Waals surface area contributed by atoms with Gasteiger partial charge < -0.3 is 14.2 Å². The Morgan fingerprint density at radius 1 is 0.667 bits per heavy atom. The lowest BCUT2D eigenvalue weighted by Crippen LogP contribution is -2.55. The van der Waals surface area contributed by atoms with Gasteiger partial charge in [0.25, 0.3) is 0 Å². The van der Waals surface area contributed by atoms with Crippen molar-refractivity contribution in [3.05, 3.63) is 0 Å². The molecule has 2 heterocycles. The van der Waals surface area contributed by atoms with Crippen molar-refractivity contribution in [1.29, 1.82) is 0 Å². The highest BCUT2D eigenvalue weighted by Crippen LogP contribution is 2.44. The summed E-state index contributed by atoms with van der Waals surface area (Å²) in [6.07, 6.45) is 5.45. The molecule has 0 unspecified atom stereocenters. The Balaban J connectivity index is 1.74. The van der Waals surface area contributed by atoms with E-state index < -0.39 is 6.16 Å². The predicted molar refractivity (Wildman–Crippen MR) is 52.1 cm³/mol. The highest BCUT2D eigenvalue weighted by Gasteiger charge is 2.51. The summed E-state index contributed by atoms with van der Waals surface area (Å²) in [6, 6.07) is 0. The van der Waals surface area contributed by atoms with Crippen LogP contribution in [0.4, 0.5) is 0 Å². The van der Waals surface area contributed by atoms with E-state index in [-0.39, 0.29) is 5.60 Å². The van der Waals surface area contributed by atoms with Gasteiger partial charge in [0, 0.05) is 6.42 Å². The van der Waals surface area contributed by atoms with Gasteiger partial charge in [-0.3, -0.25) is 4.74 Å². The van der Waals surface area contributed by atoms with Crippen LogP contribution in [0.15, 0.2) is 0 Å². The Morgan fingerprint density at radius 3 is 2.07 bits per heavy atom. The topological polar surface area (TPSA) is 36.9 Å². The SMILES string of the molecule is C1COC2(OC1)OCCC1(CCCC1)O2. The molecular weight excluding hydrogens is 196 g/mol. The number of hydrogen-bond donors (Lipinski definition) is 0. The summed E-state index contributed by atoms with van der Waals surface area (Å²) in [7, 11) is 0. The fourth-order valence-electron chi connectivity index (χ4n) is 2.72. The molecule has 0 atom stereocenters. The molecule has 0 aromatic carbocycles. The molecule has 0 N–H and O–H groups in total. The summed E-state index contributed by atoms with van der Waals surface area (Å²) in [5.74, 6) is 0. The van der Waals surface area contributed by atoms with Gasteiger partial charge in [-0.05, 0) is 19.3 Å². The average Bonchev–Trinajstić information content (AvgIpc) is 2.67. The Kier molecular flexibility index (Phi) is 2.47. The molecule has 86 valence electrons. The minimum Gasteiger partial charge on any atom is -0.303 e. The highest BCUT2D eigenvalue weighted by atomic mass is 17.0. The van der Waals surface area contributed by atoms with E-state index >= 15 is 0 Å². The fraction of sp³-hybridized carbons (Fsp3) is 1.00. The molecule has 2 aliphatic heterocycles. The average molecular weight is 214 g/mol. The molecule has 3 aliphatic rings. The first-order chi connectivity index (χ1) is 7.33. The minimum atomic E-state index is -1.17. The molecule has 0 aromatic rings. The molecule has 4 heteroatoms. The lowest BCUT2D eigenvalue weighted by molar-refractivity contribution is -0.548. The first kappa shape index (κ1) is 10.0. The van der Waals surface area contributed by atoms with E-state index in [1.54, 1.807) is 0 Å². The van der Waals surface area contributed by atoms with Gasteiger partial charge in [-0.25, -0.2) is 0 Å². The maximum atomic E-state index is 6.00. The van der Waals surface area contributed by atoms with Gasteiger partial charge in [0.15, 0.2) is 0 Å². The van der Waals surface area contributed by atoms with Crippen LogP contribution in [0.3, 0.4) is 0 Å². The first-order valence-electron chi connectivity index (χ1n) is 5.95. The standard InChI is InChI=1S/C11H18O4/c1-2-5-10(4-1)6-9-14-11(15-10)12-7-3-8-13-11/h1-9H2. The normalized spacial score (nSPS) is 33.6. The van der Waals surface area contributed by atoms with Crippen LogP contribution in [0.25, 0.3) is 0 Å². The molecule has 3 rings (SSSR count). The van der Waals surface area contributed by atoms with E-state index in [9.17, 15) is 0 Å². The minimum absolute atomic E-state index is 0.0322. The van der Waals surface area contributed by atoms with Gasteiger partial charge in [0.1, 0.15) is 0 Å². The van der Waals surface area contributed by atoms with E-state index in [1.807, 2.05) is 0 Å². The zero-order valence-corrected chi connectivity index (χ0v) is 9.00. The van der Waals surface area contributed by atoms with E-state index in [1.165, 1.54) is 12.8 Å². The number of rotatable bonds is 0. The van der Waals surface area contributed by atoms with Crippen LogP contribution in [-0.4, -0.2) is 31.6 Å². The molecule has 1 aliphatic carbocycles. The summed E-state index contributed by atoms with van der Waals surface area (Å²) in [5, 5.41) is 0. The second-order valence-electron chi connectivity index (χ2n) is 4.64. The van der Waals surface area contributed by atoms with Crippen LogP contribution in [0.5, 0.6) is 0 Å². The van der Waals surface area contributed by atoms with Crippen LogP contribution in [0.1, 0.15) is 38.5 Å². The van der Waals surface area contributed by atoms with Crippen LogP contribution < -0.4 is 0 Å². The summed E-state index contributed by atoms with van der Waals surface area (Å²) < 4.78 is 22.6. The van der Waals surface area contributed by atoms with Gasteiger partial charge >= 0.3 is 6.16 Å². The van der Waals surface area contributed by atoms with Crippen LogP contribution in [0.2, 0.25) is 0 Å². The van der Waals surface area contributed by atoms with Crippen molar-refractivity contribution in [3.63, 3.8) is 0 Å². The van der Waals surface area contributed by atoms with E-state index in [0.29, 0.717) is 19.8 Å². The maximum absolute atomic E-state index is 6.00. The predicted octanol–water partition coefficient (Wildman–Crippen LogP) is 1.78. The van der Waals surface area contributed by atoms with Gasteiger partial charge in [-0.1, -0.05) is 12.8 Å². The number of hydrogen-bond acceptors (Lipinski definition) is 4. The van der Waals surface area contributed by atoms with Crippen LogP contribution in [-0.2, 0) is 18.9 Å². The summed E-state index contributed by atoms with van der Waals surface area (Å²) in [6.45, 7) is 2.01. The Morgan fingerprint density at radius 2 is 1.33 bits per heavy atom. The monoisotopic (exact) mass is 214 g/mol. The van der Waals surface area contributed by atoms with Gasteiger partial charge in [-0.15, -0.1) is 0 Å². The Bertz CT molecular complexity index is 223. The molecule has 3 fully saturated rings. The molecular formula is C11H18O4. The molecule has 2 spiro atoms. The zero-order valence-electron chi connectivity index (χ0n) is 9.00. The smallest absolute Gasteiger partial charge is 0.303 e. The van der Waals surface area contributed by atoms with Crippen molar-refractivity contribution >= 4 is 0 Å². The first-order valence-corrected chi connectivity index (χ1v) is 5.95. The second kappa shape index (κ2) is 3.70. The van der Waals surface area contributed by atoms with Crippen molar-refractivity contribution in [2.45, 2.75) is 50.3 Å². The van der Waals surface area contributed by atoms with E-state index in [4.69, 9.17) is 18.9 Å². The lowest BCUT2D eigenvalue weighted by atomic mass is 9.97. The largest absolute Gasteiger partial charge is 0.413 e. The molecule has 0 amide bonds. The molecule has 0 radical (unpaired) electrons. The molecule has 1 saturated carbocycles. The molecule has 4 nitrogen and oxygen atoms in total. The third-order valence-corrected chi connectivity index (χ3v) is 3.54. The highest BCUT2D eigenvalue weighted by molar-refractivity contribution is 4.89. The summed E-state index contributed by atoms with van der Waals surface area (Å²) >= 11 is 0. The number of ether oxygens (including phenoxy) is 4. The lowest BCUT2D eigenvalue weighted by Gasteiger charge is -2.45. The van der Waals surface area contributed by atoms with Crippen molar-refractivity contribution in [2.75, 3.05) is 19.8 Å². The molecule has 0 bridgehead atoms. The second-order valence-corrected chi connectivity index (χ2v) is 4.64. The third-order valence-electron chi connectivity index (χ3n) is 3.54. The van der Waals surface area contributed by atoms with Crippen molar-refractivity contribution in [1.82, 2.24) is 0 Å². The van der Waals surface area contributed by atoms with Gasteiger partial charge in [-0.2, -0.15) is 0 Å². The van der Waals surface area contributed by atoms with Gasteiger partial charge in [0.2, 0.25) is 0 Å². The van der Waals surface area contributed by atoms with Crippen molar-refractivity contribution in [2.24, 2.45) is 0 Å². The molecule has 15 heavy (non-hydrogen) atoms. The van der Waals surface area contributed by atoms with Gasteiger partial charge in [0.05, 0.1) is 25.4 Å². The van der Waals surface area contributed by atoms with Crippen LogP contribution in [0, 0.1) is 0 Å². The van der Waals surface area contributed by atoms with Crippen LogP contribution >= 0.6 is 0 Å². The fourth-order valence-corrected chi connectivity index (χ4v) is 2.72. The summed E-state index contributed by atoms with van der Waals surface area (Å²) in [4.78, 5) is 0. The summed E-state index contributed by atoms with van der Waals surface area (Å²) in [5.41, 5.74) is -0.0322. The van der Waals surface area contributed by atoms with E-state index in [2.05, 4.69) is 0 Å². The quantitative estimate of drug-likeness (QED) is 0.616. The zero-order chi connectivity index (χ0) is 10.2.